The van der Waals surface area contributed by atoms with Crippen LogP contribution in [0.3, 0.4) is 0 Å². The summed E-state index contributed by atoms with van der Waals surface area (Å²) in [5.41, 5.74) is 0. The van der Waals surface area contributed by atoms with E-state index in [0.717, 1.165) is 6.54 Å². The minimum absolute atomic E-state index is 0.227. The lowest BCUT2D eigenvalue weighted by Crippen LogP contribution is -2.45. The lowest BCUT2D eigenvalue weighted by molar-refractivity contribution is 0.126. The molecule has 1 unspecified atom stereocenters. The number of aliphatic imine (C=N–C) groups is 1. The number of hydrogen-bond acceptors (Lipinski definition) is 2. The molecule has 0 saturated carbocycles. The molecule has 3 heteroatoms. The highest BCUT2D eigenvalue weighted by molar-refractivity contribution is 7.06. The Morgan fingerprint density at radius 1 is 1.33 bits per heavy atom. The molecule has 0 bridgehead atoms. The third kappa shape index (κ3) is 4.07. The molecule has 0 aliphatic heterocycles. The molecular formula is C12H27NOSi. The highest BCUT2D eigenvalue weighted by Crippen LogP contribution is 2.36. The van der Waals surface area contributed by atoms with Crippen LogP contribution in [0.25, 0.3) is 0 Å². The van der Waals surface area contributed by atoms with Gasteiger partial charge in [-0.25, -0.2) is 0 Å². The highest BCUT2D eigenvalue weighted by Gasteiger charge is 2.37. The van der Waals surface area contributed by atoms with E-state index in [9.17, 15) is 0 Å². The Morgan fingerprint density at radius 3 is 2.13 bits per heavy atom. The predicted molar refractivity (Wildman–Crippen MR) is 71.6 cm³/mol. The third-order valence-electron chi connectivity index (χ3n) is 3.77. The van der Waals surface area contributed by atoms with Gasteiger partial charge in [-0.05, 0) is 24.2 Å². The molecule has 15 heavy (non-hydrogen) atoms. The summed E-state index contributed by atoms with van der Waals surface area (Å²) >= 11 is 0. The van der Waals surface area contributed by atoms with Gasteiger partial charge in [0.05, 0.1) is 12.6 Å². The van der Waals surface area contributed by atoms with Crippen molar-refractivity contribution in [3.63, 3.8) is 0 Å². The van der Waals surface area contributed by atoms with Crippen molar-refractivity contribution in [1.29, 1.82) is 0 Å². The third-order valence-corrected chi connectivity index (χ3v) is 9.48. The minimum atomic E-state index is -1.39. The maximum Gasteiger partial charge on any atom is 0.103 e. The van der Waals surface area contributed by atoms with Crippen molar-refractivity contribution < 1.29 is 4.74 Å². The number of ether oxygens (including phenoxy) is 1. The first-order valence-corrected chi connectivity index (χ1v) is 8.67. The van der Waals surface area contributed by atoms with Gasteiger partial charge in [0.25, 0.3) is 0 Å². The molecule has 0 saturated heterocycles. The van der Waals surface area contributed by atoms with Crippen molar-refractivity contribution >= 4 is 13.4 Å². The van der Waals surface area contributed by atoms with Crippen LogP contribution in [0.1, 0.15) is 34.6 Å². The average molecular weight is 229 g/mol. The molecule has 0 aromatic rings. The van der Waals surface area contributed by atoms with Gasteiger partial charge >= 0.3 is 0 Å². The Morgan fingerprint density at radius 2 is 1.80 bits per heavy atom. The molecule has 0 aliphatic carbocycles. The van der Waals surface area contributed by atoms with Crippen molar-refractivity contribution in [3.8, 4) is 0 Å². The molecule has 0 amide bonds. The molecule has 0 rings (SSSR count). The van der Waals surface area contributed by atoms with Crippen molar-refractivity contribution in [2.24, 2.45) is 4.99 Å². The predicted octanol–water partition coefficient (Wildman–Crippen LogP) is 3.53. The molecule has 0 N–H and O–H groups in total. The molecule has 90 valence electrons. The van der Waals surface area contributed by atoms with Crippen molar-refractivity contribution in [1.82, 2.24) is 0 Å². The van der Waals surface area contributed by atoms with Crippen LogP contribution in [0.4, 0.5) is 0 Å². The Hall–Kier alpha value is -0.153. The Bertz CT molecular complexity index is 228. The molecule has 0 fully saturated rings. The van der Waals surface area contributed by atoms with E-state index in [2.05, 4.69) is 52.7 Å². The summed E-state index contributed by atoms with van der Waals surface area (Å²) in [4.78, 5) is 4.69. The van der Waals surface area contributed by atoms with Gasteiger partial charge in [0.2, 0.25) is 0 Å². The molecule has 1 atom stereocenters. The zero-order valence-electron chi connectivity index (χ0n) is 11.6. The fraction of sp³-hybridized carbons (Fsp3) is 0.917. The molecule has 0 aliphatic rings. The molecule has 0 heterocycles. The molecule has 0 spiro atoms. The fourth-order valence-corrected chi connectivity index (χ4v) is 2.65. The van der Waals surface area contributed by atoms with Crippen LogP contribution < -0.4 is 0 Å². The van der Waals surface area contributed by atoms with Crippen molar-refractivity contribution in [2.45, 2.75) is 58.9 Å². The second kappa shape index (κ2) is 5.26. The van der Waals surface area contributed by atoms with Crippen LogP contribution in [-0.2, 0) is 4.74 Å². The first-order chi connectivity index (χ1) is 6.63. The Labute approximate surface area is 96.1 Å². The van der Waals surface area contributed by atoms with E-state index in [1.807, 2.05) is 0 Å². The quantitative estimate of drug-likeness (QED) is 0.534. The van der Waals surface area contributed by atoms with Gasteiger partial charge in [0, 0.05) is 7.11 Å². The van der Waals surface area contributed by atoms with E-state index in [1.54, 1.807) is 7.11 Å². The lowest BCUT2D eigenvalue weighted by Gasteiger charge is -2.36. The largest absolute Gasteiger partial charge is 0.380 e. The lowest BCUT2D eigenvalue weighted by atomic mass is 10.2. The monoisotopic (exact) mass is 229 g/mol. The van der Waals surface area contributed by atoms with E-state index < -0.39 is 8.07 Å². The second-order valence-corrected chi connectivity index (χ2v) is 11.3. The molecule has 2 nitrogen and oxygen atoms in total. The highest BCUT2D eigenvalue weighted by atomic mass is 28.3. The average Bonchev–Trinajstić information content (AvgIpc) is 2.11. The summed E-state index contributed by atoms with van der Waals surface area (Å²) in [6.07, 6.45) is 0.227. The SMILES string of the molecule is COC(C)CN=C(C)[Si](C)(C)C(C)(C)C. The van der Waals surface area contributed by atoms with Crippen LogP contribution >= 0.6 is 0 Å². The van der Waals surface area contributed by atoms with Gasteiger partial charge in [0.15, 0.2) is 0 Å². The van der Waals surface area contributed by atoms with Gasteiger partial charge in [-0.2, -0.15) is 0 Å². The smallest absolute Gasteiger partial charge is 0.103 e. The maximum absolute atomic E-state index is 5.21. The Kier molecular flexibility index (Phi) is 5.20. The first kappa shape index (κ1) is 14.8. The van der Waals surface area contributed by atoms with E-state index in [4.69, 9.17) is 4.74 Å². The van der Waals surface area contributed by atoms with E-state index in [-0.39, 0.29) is 6.10 Å². The summed E-state index contributed by atoms with van der Waals surface area (Å²) in [6.45, 7) is 16.8. The van der Waals surface area contributed by atoms with Gasteiger partial charge < -0.3 is 4.74 Å². The molecule has 0 aromatic heterocycles. The molecule has 0 radical (unpaired) electrons. The maximum atomic E-state index is 5.21. The first-order valence-electron chi connectivity index (χ1n) is 5.67. The zero-order valence-corrected chi connectivity index (χ0v) is 12.6. The van der Waals surface area contributed by atoms with Crippen LogP contribution in [0, 0.1) is 0 Å². The van der Waals surface area contributed by atoms with Gasteiger partial charge in [0.1, 0.15) is 8.07 Å². The molecular weight excluding hydrogens is 202 g/mol. The number of hydrogen-bond donors (Lipinski definition) is 0. The summed E-state index contributed by atoms with van der Waals surface area (Å²) in [5, 5.41) is 1.72. The summed E-state index contributed by atoms with van der Waals surface area (Å²) in [6, 6.07) is 0. The van der Waals surface area contributed by atoms with Crippen LogP contribution in [-0.4, -0.2) is 33.2 Å². The number of nitrogens with zero attached hydrogens (tertiary/aromatic N) is 1. The topological polar surface area (TPSA) is 21.6 Å². The van der Waals surface area contributed by atoms with Crippen LogP contribution in [0.5, 0.6) is 0 Å². The van der Waals surface area contributed by atoms with Crippen LogP contribution in [0.2, 0.25) is 18.1 Å². The van der Waals surface area contributed by atoms with Crippen molar-refractivity contribution in [2.75, 3.05) is 13.7 Å². The molecule has 0 aromatic carbocycles. The van der Waals surface area contributed by atoms with Crippen LogP contribution in [0.15, 0.2) is 4.99 Å². The van der Waals surface area contributed by atoms with E-state index >= 15 is 0 Å². The number of rotatable bonds is 4. The Balaban J connectivity index is 4.62. The normalized spacial score (nSPS) is 16.7. The second-order valence-electron chi connectivity index (χ2n) is 5.85. The number of methoxy groups -OCH3 is 1. The van der Waals surface area contributed by atoms with Gasteiger partial charge in [-0.1, -0.05) is 33.9 Å². The van der Waals surface area contributed by atoms with E-state index in [0.29, 0.717) is 5.04 Å². The minimum Gasteiger partial charge on any atom is -0.380 e. The standard InChI is InChI=1S/C12H27NOSi/c1-10(14-6)9-13-11(2)15(7,8)12(3,4)5/h10H,9H2,1-8H3. The summed E-state index contributed by atoms with van der Waals surface area (Å²) in [7, 11) is 0.345. The zero-order chi connectivity index (χ0) is 12.3. The summed E-state index contributed by atoms with van der Waals surface area (Å²) < 4.78 is 5.21. The fourth-order valence-electron chi connectivity index (χ4n) is 1.08. The van der Waals surface area contributed by atoms with Crippen molar-refractivity contribution in [3.05, 3.63) is 0 Å². The van der Waals surface area contributed by atoms with Gasteiger partial charge in [-0.3, -0.25) is 4.99 Å². The summed E-state index contributed by atoms with van der Waals surface area (Å²) in [5.74, 6) is 0. The van der Waals surface area contributed by atoms with Gasteiger partial charge in [-0.15, -0.1) is 0 Å². The van der Waals surface area contributed by atoms with E-state index in [1.165, 1.54) is 5.33 Å².